The van der Waals surface area contributed by atoms with Crippen molar-refractivity contribution in [3.8, 4) is 11.5 Å². The summed E-state index contributed by atoms with van der Waals surface area (Å²) < 4.78 is 31.5. The molecule has 2 aromatic carbocycles. The lowest BCUT2D eigenvalue weighted by Gasteiger charge is -2.00. The molecular weight excluding hydrogens is 334 g/mol. The van der Waals surface area contributed by atoms with E-state index in [4.69, 9.17) is 4.42 Å². The molecule has 0 radical (unpaired) electrons. The van der Waals surface area contributed by atoms with Gasteiger partial charge in [-0.3, -0.25) is 4.79 Å². The van der Waals surface area contributed by atoms with Crippen LogP contribution in [0.5, 0.6) is 0 Å². The monoisotopic (exact) mass is 346 g/mol. The fourth-order valence-corrected chi connectivity index (χ4v) is 2.62. The molecule has 0 aliphatic rings. The van der Waals surface area contributed by atoms with E-state index in [1.54, 1.807) is 0 Å². The Morgan fingerprint density at radius 1 is 1.08 bits per heavy atom. The Morgan fingerprint density at radius 3 is 2.54 bits per heavy atom. The van der Waals surface area contributed by atoms with Crippen molar-refractivity contribution in [3.05, 3.63) is 65.2 Å². The second-order valence-corrected chi connectivity index (χ2v) is 6.01. The highest BCUT2D eigenvalue weighted by molar-refractivity contribution is 7.99. The molecule has 0 spiro atoms. The Hall–Kier alpha value is -2.54. The zero-order valence-electron chi connectivity index (χ0n) is 12.6. The smallest absolute Gasteiger partial charge is 0.277 e. The van der Waals surface area contributed by atoms with Gasteiger partial charge in [-0.25, -0.2) is 8.78 Å². The molecule has 0 N–H and O–H groups in total. The molecule has 7 heteroatoms. The molecule has 3 aromatic rings. The van der Waals surface area contributed by atoms with Crippen molar-refractivity contribution >= 4 is 17.5 Å². The van der Waals surface area contributed by atoms with Crippen molar-refractivity contribution in [1.29, 1.82) is 0 Å². The van der Waals surface area contributed by atoms with Gasteiger partial charge in [0.05, 0.1) is 5.75 Å². The predicted octanol–water partition coefficient (Wildman–Crippen LogP) is 4.30. The van der Waals surface area contributed by atoms with Crippen molar-refractivity contribution in [2.24, 2.45) is 0 Å². The van der Waals surface area contributed by atoms with Crippen LogP contribution in [-0.2, 0) is 0 Å². The number of hydrogen-bond donors (Lipinski definition) is 0. The number of benzene rings is 2. The van der Waals surface area contributed by atoms with Gasteiger partial charge in [-0.2, -0.15) is 0 Å². The Bertz CT molecular complexity index is 879. The van der Waals surface area contributed by atoms with Crippen LogP contribution >= 0.6 is 11.8 Å². The fraction of sp³-hybridized carbons (Fsp3) is 0.118. The molecule has 0 aliphatic carbocycles. The summed E-state index contributed by atoms with van der Waals surface area (Å²) in [7, 11) is 0. The molecule has 0 saturated carbocycles. The van der Waals surface area contributed by atoms with Crippen molar-refractivity contribution in [3.63, 3.8) is 0 Å². The summed E-state index contributed by atoms with van der Waals surface area (Å²) in [4.78, 5) is 12.0. The summed E-state index contributed by atoms with van der Waals surface area (Å²) in [6.45, 7) is 1.97. The van der Waals surface area contributed by atoms with Crippen LogP contribution in [-0.4, -0.2) is 21.7 Å². The van der Waals surface area contributed by atoms with E-state index in [-0.39, 0.29) is 22.3 Å². The van der Waals surface area contributed by atoms with Crippen LogP contribution in [0.4, 0.5) is 8.78 Å². The van der Waals surface area contributed by atoms with Gasteiger partial charge in [0.25, 0.3) is 5.22 Å². The average Bonchev–Trinajstić information content (AvgIpc) is 3.05. The van der Waals surface area contributed by atoms with Gasteiger partial charge in [0, 0.05) is 11.1 Å². The Morgan fingerprint density at radius 2 is 1.83 bits per heavy atom. The summed E-state index contributed by atoms with van der Waals surface area (Å²) >= 11 is 1.05. The Balaban J connectivity index is 1.65. The van der Waals surface area contributed by atoms with E-state index >= 15 is 0 Å². The molecule has 4 nitrogen and oxygen atoms in total. The van der Waals surface area contributed by atoms with Gasteiger partial charge in [0.1, 0.15) is 0 Å². The van der Waals surface area contributed by atoms with Gasteiger partial charge >= 0.3 is 0 Å². The van der Waals surface area contributed by atoms with Crippen molar-refractivity contribution in [2.75, 3.05) is 5.75 Å². The average molecular weight is 346 g/mol. The lowest BCUT2D eigenvalue weighted by atomic mass is 10.1. The molecule has 0 atom stereocenters. The van der Waals surface area contributed by atoms with Crippen LogP contribution < -0.4 is 0 Å². The van der Waals surface area contributed by atoms with E-state index in [0.29, 0.717) is 5.89 Å². The molecule has 0 bridgehead atoms. The first kappa shape index (κ1) is 16.3. The van der Waals surface area contributed by atoms with Crippen molar-refractivity contribution < 1.29 is 18.0 Å². The fourth-order valence-electron chi connectivity index (χ4n) is 1.96. The number of halogens is 2. The topological polar surface area (TPSA) is 56.0 Å². The van der Waals surface area contributed by atoms with Gasteiger partial charge in [-0.05, 0) is 37.3 Å². The number of aromatic nitrogens is 2. The van der Waals surface area contributed by atoms with Gasteiger partial charge < -0.3 is 4.42 Å². The number of nitrogens with zero attached hydrogens (tertiary/aromatic N) is 2. The predicted molar refractivity (Wildman–Crippen MR) is 85.9 cm³/mol. The second kappa shape index (κ2) is 6.92. The summed E-state index contributed by atoms with van der Waals surface area (Å²) in [6, 6.07) is 10.6. The van der Waals surface area contributed by atoms with E-state index in [0.717, 1.165) is 35.0 Å². The third-order valence-electron chi connectivity index (χ3n) is 3.27. The standard InChI is InChI=1S/C17H12F2N2O2S/c1-10-2-4-11(5-3-10)16-20-21-17(23-16)24-9-15(22)12-6-7-13(18)14(19)8-12/h2-8H,9H2,1H3. The number of thioether (sulfide) groups is 1. The Kier molecular flexibility index (Phi) is 4.71. The Labute approximate surface area is 140 Å². The first-order chi connectivity index (χ1) is 11.5. The number of rotatable bonds is 5. The van der Waals surface area contributed by atoms with Gasteiger partial charge in [0.15, 0.2) is 17.4 Å². The minimum absolute atomic E-state index is 0.0133. The number of carbonyl (C=O) groups is 1. The van der Waals surface area contributed by atoms with E-state index < -0.39 is 11.6 Å². The second-order valence-electron chi connectivity index (χ2n) is 5.08. The first-order valence-electron chi connectivity index (χ1n) is 7.04. The minimum Gasteiger partial charge on any atom is -0.411 e. The maximum Gasteiger partial charge on any atom is 0.277 e. The summed E-state index contributed by atoms with van der Waals surface area (Å²) in [5.74, 6) is -2.04. The number of aryl methyl sites for hydroxylation is 1. The van der Waals surface area contributed by atoms with Crippen LogP contribution in [0, 0.1) is 18.6 Å². The molecule has 1 aromatic heterocycles. The van der Waals surface area contributed by atoms with Crippen LogP contribution in [0.15, 0.2) is 52.1 Å². The van der Waals surface area contributed by atoms with Crippen molar-refractivity contribution in [2.45, 2.75) is 12.1 Å². The summed E-state index contributed by atoms with van der Waals surface area (Å²) in [6.07, 6.45) is 0. The number of Topliss-reactive ketones (excluding diaryl/α,β-unsaturated/α-hetero) is 1. The molecule has 0 saturated heterocycles. The highest BCUT2D eigenvalue weighted by Gasteiger charge is 2.14. The molecule has 0 unspecified atom stereocenters. The number of ketones is 1. The van der Waals surface area contributed by atoms with Gasteiger partial charge in [-0.1, -0.05) is 29.5 Å². The van der Waals surface area contributed by atoms with E-state index in [9.17, 15) is 13.6 Å². The molecule has 122 valence electrons. The maximum atomic E-state index is 13.1. The van der Waals surface area contributed by atoms with Crippen LogP contribution in [0.25, 0.3) is 11.5 Å². The van der Waals surface area contributed by atoms with E-state index in [2.05, 4.69) is 10.2 Å². The number of hydrogen-bond acceptors (Lipinski definition) is 5. The SMILES string of the molecule is Cc1ccc(-c2nnc(SCC(=O)c3ccc(F)c(F)c3)o2)cc1. The third kappa shape index (κ3) is 3.68. The molecule has 0 fully saturated rings. The quantitative estimate of drug-likeness (QED) is 0.509. The largest absolute Gasteiger partial charge is 0.411 e. The maximum absolute atomic E-state index is 13.1. The van der Waals surface area contributed by atoms with Crippen LogP contribution in [0.3, 0.4) is 0 Å². The minimum atomic E-state index is -1.05. The molecule has 24 heavy (non-hydrogen) atoms. The highest BCUT2D eigenvalue weighted by Crippen LogP contribution is 2.24. The number of carbonyl (C=O) groups excluding carboxylic acids is 1. The van der Waals surface area contributed by atoms with Crippen LogP contribution in [0.2, 0.25) is 0 Å². The molecule has 3 rings (SSSR count). The van der Waals surface area contributed by atoms with Crippen LogP contribution in [0.1, 0.15) is 15.9 Å². The highest BCUT2D eigenvalue weighted by atomic mass is 32.2. The first-order valence-corrected chi connectivity index (χ1v) is 8.03. The van der Waals surface area contributed by atoms with E-state index in [1.807, 2.05) is 31.2 Å². The van der Waals surface area contributed by atoms with Gasteiger partial charge in [-0.15, -0.1) is 10.2 Å². The lowest BCUT2D eigenvalue weighted by molar-refractivity contribution is 0.102. The van der Waals surface area contributed by atoms with E-state index in [1.165, 1.54) is 6.07 Å². The molecule has 0 amide bonds. The molecule has 0 aliphatic heterocycles. The third-order valence-corrected chi connectivity index (χ3v) is 4.09. The zero-order chi connectivity index (χ0) is 17.1. The zero-order valence-corrected chi connectivity index (χ0v) is 13.4. The molecular formula is C17H12F2N2O2S. The summed E-state index contributed by atoms with van der Waals surface area (Å²) in [5.41, 5.74) is 2.00. The normalized spacial score (nSPS) is 10.8. The van der Waals surface area contributed by atoms with Gasteiger partial charge in [0.2, 0.25) is 5.89 Å². The summed E-state index contributed by atoms with van der Waals surface area (Å²) in [5, 5.41) is 8.04. The lowest BCUT2D eigenvalue weighted by Crippen LogP contribution is -2.03. The molecule has 1 heterocycles. The van der Waals surface area contributed by atoms with Crippen molar-refractivity contribution in [1.82, 2.24) is 10.2 Å².